The summed E-state index contributed by atoms with van der Waals surface area (Å²) in [5.41, 5.74) is 2.33. The summed E-state index contributed by atoms with van der Waals surface area (Å²) in [5.74, 6) is 0.703. The number of ether oxygens (including phenoxy) is 1. The minimum Gasteiger partial charge on any atom is -0.489 e. The Kier molecular flexibility index (Phi) is 6.88. The molecule has 3 aromatic carbocycles. The van der Waals surface area contributed by atoms with Crippen molar-refractivity contribution in [2.24, 2.45) is 0 Å². The van der Waals surface area contributed by atoms with Crippen molar-refractivity contribution in [3.05, 3.63) is 112 Å². The highest BCUT2D eigenvalue weighted by Crippen LogP contribution is 2.19. The Balaban J connectivity index is 1.16. The van der Waals surface area contributed by atoms with Crippen molar-refractivity contribution in [3.63, 3.8) is 0 Å². The standard InChI is InChI=1S/C27H25F2N5O2/c28-22-5-1-21(2-6-22)19-36-25-11-3-20(4-12-25)18-34-27(35)31-26(17-30-34)33-15-13-32(14-16-33)24-9-7-23(29)8-10-24/h1-12,17H,13-16,18-19H2. The predicted octanol–water partition coefficient (Wildman–Crippen LogP) is 3.87. The third-order valence-corrected chi connectivity index (χ3v) is 6.11. The van der Waals surface area contributed by atoms with Gasteiger partial charge in [-0.05, 0) is 59.7 Å². The Morgan fingerprint density at radius 3 is 1.97 bits per heavy atom. The quantitative estimate of drug-likeness (QED) is 0.393. The molecule has 7 nitrogen and oxygen atoms in total. The molecule has 5 rings (SSSR count). The van der Waals surface area contributed by atoms with Crippen LogP contribution in [0.4, 0.5) is 20.3 Å². The zero-order valence-electron chi connectivity index (χ0n) is 19.6. The Hall–Kier alpha value is -4.27. The van der Waals surface area contributed by atoms with Crippen LogP contribution in [0.3, 0.4) is 0 Å². The lowest BCUT2D eigenvalue weighted by molar-refractivity contribution is 0.306. The first kappa shape index (κ1) is 23.5. The van der Waals surface area contributed by atoms with Crippen LogP contribution in [0.2, 0.25) is 0 Å². The topological polar surface area (TPSA) is 63.5 Å². The van der Waals surface area contributed by atoms with Crippen LogP contribution in [0.25, 0.3) is 0 Å². The second-order valence-corrected chi connectivity index (χ2v) is 8.56. The van der Waals surface area contributed by atoms with Gasteiger partial charge in [-0.2, -0.15) is 10.1 Å². The number of hydrogen-bond donors (Lipinski definition) is 0. The zero-order valence-corrected chi connectivity index (χ0v) is 19.6. The molecule has 0 N–H and O–H groups in total. The summed E-state index contributed by atoms with van der Waals surface area (Å²) < 4.78 is 33.3. The van der Waals surface area contributed by atoms with Crippen LogP contribution in [0.1, 0.15) is 11.1 Å². The van der Waals surface area contributed by atoms with E-state index in [1.54, 1.807) is 30.5 Å². The third kappa shape index (κ3) is 5.68. The Morgan fingerprint density at radius 1 is 0.750 bits per heavy atom. The zero-order chi connectivity index (χ0) is 24.9. The van der Waals surface area contributed by atoms with Gasteiger partial charge in [0.2, 0.25) is 0 Å². The van der Waals surface area contributed by atoms with Gasteiger partial charge in [0.15, 0.2) is 5.82 Å². The lowest BCUT2D eigenvalue weighted by Crippen LogP contribution is -2.47. The normalized spacial score (nSPS) is 13.6. The molecule has 1 fully saturated rings. The monoisotopic (exact) mass is 489 g/mol. The summed E-state index contributed by atoms with van der Waals surface area (Å²) in [6, 6.07) is 20.0. The average molecular weight is 490 g/mol. The lowest BCUT2D eigenvalue weighted by atomic mass is 10.2. The molecule has 2 heterocycles. The SMILES string of the molecule is O=c1nc(N2CCN(c3ccc(F)cc3)CC2)cnn1Cc1ccc(OCc2ccc(F)cc2)cc1. The number of anilines is 2. The molecule has 0 aliphatic carbocycles. The van der Waals surface area contributed by atoms with E-state index in [-0.39, 0.29) is 11.6 Å². The van der Waals surface area contributed by atoms with Gasteiger partial charge in [-0.25, -0.2) is 18.3 Å². The van der Waals surface area contributed by atoms with Crippen molar-refractivity contribution in [1.82, 2.24) is 14.8 Å². The molecule has 1 aromatic heterocycles. The van der Waals surface area contributed by atoms with E-state index in [9.17, 15) is 13.6 Å². The highest BCUT2D eigenvalue weighted by Gasteiger charge is 2.19. The van der Waals surface area contributed by atoms with Gasteiger partial charge in [-0.3, -0.25) is 0 Å². The number of benzene rings is 3. The molecule has 0 unspecified atom stereocenters. The van der Waals surface area contributed by atoms with Gasteiger partial charge >= 0.3 is 5.69 Å². The second-order valence-electron chi connectivity index (χ2n) is 8.56. The maximum absolute atomic E-state index is 13.2. The van der Waals surface area contributed by atoms with E-state index in [1.165, 1.54) is 28.9 Å². The molecule has 0 bridgehead atoms. The maximum Gasteiger partial charge on any atom is 0.366 e. The first-order valence-corrected chi connectivity index (χ1v) is 11.7. The van der Waals surface area contributed by atoms with E-state index in [2.05, 4.69) is 15.0 Å². The summed E-state index contributed by atoms with van der Waals surface area (Å²) in [7, 11) is 0. The minimum atomic E-state index is -0.412. The first-order valence-electron chi connectivity index (χ1n) is 11.7. The van der Waals surface area contributed by atoms with Crippen LogP contribution >= 0.6 is 0 Å². The number of piperazine rings is 1. The van der Waals surface area contributed by atoms with Crippen LogP contribution in [-0.2, 0) is 13.2 Å². The van der Waals surface area contributed by atoms with Crippen LogP contribution < -0.4 is 20.2 Å². The summed E-state index contributed by atoms with van der Waals surface area (Å²) >= 11 is 0. The average Bonchev–Trinajstić information content (AvgIpc) is 2.91. The number of aromatic nitrogens is 3. The summed E-state index contributed by atoms with van der Waals surface area (Å²) in [6.45, 7) is 3.49. The van der Waals surface area contributed by atoms with Gasteiger partial charge in [0.25, 0.3) is 0 Å². The third-order valence-electron chi connectivity index (χ3n) is 6.11. The van der Waals surface area contributed by atoms with Crippen molar-refractivity contribution < 1.29 is 13.5 Å². The highest BCUT2D eigenvalue weighted by atomic mass is 19.1. The molecule has 0 saturated carbocycles. The predicted molar refractivity (Wildman–Crippen MR) is 133 cm³/mol. The smallest absolute Gasteiger partial charge is 0.366 e. The summed E-state index contributed by atoms with van der Waals surface area (Å²) in [5, 5.41) is 4.32. The van der Waals surface area contributed by atoms with Crippen LogP contribution in [0, 0.1) is 11.6 Å². The molecular formula is C27H25F2N5O2. The molecule has 1 aliphatic heterocycles. The molecule has 0 spiro atoms. The van der Waals surface area contributed by atoms with Crippen molar-refractivity contribution in [1.29, 1.82) is 0 Å². The van der Waals surface area contributed by atoms with E-state index < -0.39 is 5.69 Å². The van der Waals surface area contributed by atoms with Crippen LogP contribution in [0.15, 0.2) is 83.8 Å². The fourth-order valence-corrected chi connectivity index (χ4v) is 4.07. The highest BCUT2D eigenvalue weighted by molar-refractivity contribution is 5.49. The Bertz CT molecular complexity index is 1350. The largest absolute Gasteiger partial charge is 0.489 e. The number of hydrogen-bond acceptors (Lipinski definition) is 6. The minimum absolute atomic E-state index is 0.251. The summed E-state index contributed by atoms with van der Waals surface area (Å²) in [6.07, 6.45) is 1.62. The van der Waals surface area contributed by atoms with Crippen molar-refractivity contribution in [2.45, 2.75) is 13.2 Å². The second kappa shape index (κ2) is 10.6. The van der Waals surface area contributed by atoms with E-state index in [4.69, 9.17) is 4.74 Å². The van der Waals surface area contributed by atoms with Crippen LogP contribution in [-0.4, -0.2) is 40.9 Å². The van der Waals surface area contributed by atoms with Gasteiger partial charge in [0.05, 0.1) is 12.7 Å². The molecule has 9 heteroatoms. The van der Waals surface area contributed by atoms with Gasteiger partial charge in [-0.1, -0.05) is 24.3 Å². The Labute approximate surface area is 207 Å². The number of halogens is 2. The fraction of sp³-hybridized carbons (Fsp3) is 0.222. The van der Waals surface area contributed by atoms with Crippen molar-refractivity contribution in [3.8, 4) is 5.75 Å². The molecule has 0 radical (unpaired) electrons. The molecular weight excluding hydrogens is 464 g/mol. The lowest BCUT2D eigenvalue weighted by Gasteiger charge is -2.36. The van der Waals surface area contributed by atoms with Crippen molar-refractivity contribution in [2.75, 3.05) is 36.0 Å². The van der Waals surface area contributed by atoms with Crippen molar-refractivity contribution >= 4 is 11.5 Å². The molecule has 184 valence electrons. The van der Waals surface area contributed by atoms with E-state index in [0.717, 1.165) is 29.9 Å². The van der Waals surface area contributed by atoms with E-state index in [0.29, 0.717) is 37.8 Å². The molecule has 0 atom stereocenters. The number of nitrogens with zero attached hydrogens (tertiary/aromatic N) is 5. The molecule has 1 aliphatic rings. The number of rotatable bonds is 7. The molecule has 4 aromatic rings. The summed E-state index contributed by atoms with van der Waals surface area (Å²) in [4.78, 5) is 21.1. The van der Waals surface area contributed by atoms with Gasteiger partial charge in [0.1, 0.15) is 24.0 Å². The molecule has 36 heavy (non-hydrogen) atoms. The maximum atomic E-state index is 13.2. The Morgan fingerprint density at radius 2 is 1.33 bits per heavy atom. The van der Waals surface area contributed by atoms with E-state index in [1.807, 2.05) is 29.2 Å². The molecule has 0 amide bonds. The first-order chi connectivity index (χ1) is 17.5. The van der Waals surface area contributed by atoms with Crippen LogP contribution in [0.5, 0.6) is 5.75 Å². The van der Waals surface area contributed by atoms with Gasteiger partial charge in [-0.15, -0.1) is 0 Å². The van der Waals surface area contributed by atoms with E-state index >= 15 is 0 Å². The molecule has 1 saturated heterocycles. The fourth-order valence-electron chi connectivity index (χ4n) is 4.07. The van der Waals surface area contributed by atoms with Gasteiger partial charge in [0, 0.05) is 31.9 Å². The van der Waals surface area contributed by atoms with Gasteiger partial charge < -0.3 is 14.5 Å².